The fourth-order valence-electron chi connectivity index (χ4n) is 3.24. The molecule has 0 bridgehead atoms. The third kappa shape index (κ3) is 4.38. The molecule has 0 spiro atoms. The van der Waals surface area contributed by atoms with Crippen molar-refractivity contribution in [1.29, 1.82) is 0 Å². The molecule has 2 aromatic carbocycles. The number of aryl methyl sites for hydroxylation is 2. The molecule has 3 heteroatoms. The number of ether oxygens (including phenoxy) is 1. The largest absolute Gasteiger partial charge is 0.490 e. The molecule has 3 nitrogen and oxygen atoms in total. The van der Waals surface area contributed by atoms with Crippen LogP contribution in [0.2, 0.25) is 0 Å². The second-order valence-corrected chi connectivity index (χ2v) is 6.70. The Hall–Kier alpha value is -2.29. The second kappa shape index (κ2) is 7.52. The number of amides is 1. The summed E-state index contributed by atoms with van der Waals surface area (Å²) >= 11 is 0. The van der Waals surface area contributed by atoms with Crippen LogP contribution < -0.4 is 10.1 Å². The summed E-state index contributed by atoms with van der Waals surface area (Å²) in [5.74, 6) is 0.890. The topological polar surface area (TPSA) is 38.3 Å². The first-order valence-electron chi connectivity index (χ1n) is 8.73. The van der Waals surface area contributed by atoms with Gasteiger partial charge in [-0.2, -0.15) is 0 Å². The summed E-state index contributed by atoms with van der Waals surface area (Å²) < 4.78 is 5.95. The zero-order valence-electron chi connectivity index (χ0n) is 14.5. The molecule has 24 heavy (non-hydrogen) atoms. The van der Waals surface area contributed by atoms with E-state index in [9.17, 15) is 4.79 Å². The van der Waals surface area contributed by atoms with Crippen LogP contribution in [0.3, 0.4) is 0 Å². The van der Waals surface area contributed by atoms with Gasteiger partial charge in [0.2, 0.25) is 5.91 Å². The molecule has 0 aromatic heterocycles. The average molecular weight is 323 g/mol. The lowest BCUT2D eigenvalue weighted by Gasteiger charge is -2.13. The number of carbonyl (C=O) groups excluding carboxylic acids is 1. The van der Waals surface area contributed by atoms with Crippen molar-refractivity contribution in [2.24, 2.45) is 0 Å². The van der Waals surface area contributed by atoms with E-state index >= 15 is 0 Å². The molecule has 2 aromatic rings. The molecule has 0 radical (unpaired) electrons. The Bertz CT molecular complexity index is 700. The van der Waals surface area contributed by atoms with Crippen molar-refractivity contribution in [2.75, 3.05) is 5.32 Å². The Balaban J connectivity index is 1.55. The van der Waals surface area contributed by atoms with Crippen LogP contribution in [-0.2, 0) is 11.2 Å². The summed E-state index contributed by atoms with van der Waals surface area (Å²) in [6.45, 7) is 4.11. The van der Waals surface area contributed by atoms with Crippen LogP contribution in [0.1, 0.15) is 42.4 Å². The Morgan fingerprint density at radius 2 is 1.79 bits per heavy atom. The monoisotopic (exact) mass is 323 g/mol. The third-order valence-electron chi connectivity index (χ3n) is 4.59. The van der Waals surface area contributed by atoms with E-state index in [4.69, 9.17) is 4.74 Å². The minimum Gasteiger partial charge on any atom is -0.490 e. The lowest BCUT2D eigenvalue weighted by molar-refractivity contribution is -0.115. The average Bonchev–Trinajstić information content (AvgIpc) is 3.05. The number of rotatable bonds is 5. The van der Waals surface area contributed by atoms with Gasteiger partial charge in [0.15, 0.2) is 0 Å². The van der Waals surface area contributed by atoms with Crippen molar-refractivity contribution in [3.05, 3.63) is 59.2 Å². The molecule has 0 saturated heterocycles. The highest BCUT2D eigenvalue weighted by atomic mass is 16.5. The van der Waals surface area contributed by atoms with Gasteiger partial charge in [-0.25, -0.2) is 0 Å². The molecule has 1 N–H and O–H groups in total. The Morgan fingerprint density at radius 1 is 1.08 bits per heavy atom. The van der Waals surface area contributed by atoms with Gasteiger partial charge in [0.25, 0.3) is 0 Å². The van der Waals surface area contributed by atoms with Gasteiger partial charge in [0.1, 0.15) is 5.75 Å². The molecule has 126 valence electrons. The van der Waals surface area contributed by atoms with Gasteiger partial charge in [-0.3, -0.25) is 4.79 Å². The van der Waals surface area contributed by atoms with Gasteiger partial charge in [0, 0.05) is 5.69 Å². The highest BCUT2D eigenvalue weighted by Crippen LogP contribution is 2.25. The number of nitrogens with one attached hydrogen (secondary N) is 1. The van der Waals surface area contributed by atoms with Crippen LogP contribution >= 0.6 is 0 Å². The zero-order chi connectivity index (χ0) is 16.9. The summed E-state index contributed by atoms with van der Waals surface area (Å²) in [7, 11) is 0. The van der Waals surface area contributed by atoms with Gasteiger partial charge in [-0.15, -0.1) is 0 Å². The van der Waals surface area contributed by atoms with Crippen molar-refractivity contribution >= 4 is 11.6 Å². The van der Waals surface area contributed by atoms with Crippen molar-refractivity contribution < 1.29 is 9.53 Å². The maximum atomic E-state index is 12.2. The van der Waals surface area contributed by atoms with E-state index in [-0.39, 0.29) is 5.91 Å². The molecular formula is C21H25NO2. The summed E-state index contributed by atoms with van der Waals surface area (Å²) in [5.41, 5.74) is 4.25. The van der Waals surface area contributed by atoms with E-state index in [2.05, 4.69) is 18.3 Å². The van der Waals surface area contributed by atoms with E-state index < -0.39 is 0 Å². The Morgan fingerprint density at radius 3 is 2.46 bits per heavy atom. The van der Waals surface area contributed by atoms with Crippen molar-refractivity contribution in [1.82, 2.24) is 0 Å². The molecule has 0 atom stereocenters. The number of benzene rings is 2. The van der Waals surface area contributed by atoms with Crippen LogP contribution in [0.15, 0.2) is 42.5 Å². The molecule has 3 rings (SSSR count). The Kier molecular flexibility index (Phi) is 5.19. The minimum absolute atomic E-state index is 0.00594. The first-order chi connectivity index (χ1) is 11.6. The zero-order valence-corrected chi connectivity index (χ0v) is 14.5. The van der Waals surface area contributed by atoms with Crippen molar-refractivity contribution in [3.8, 4) is 5.75 Å². The first kappa shape index (κ1) is 16.6. The first-order valence-corrected chi connectivity index (χ1v) is 8.73. The maximum absolute atomic E-state index is 12.2. The number of hydrogen-bond acceptors (Lipinski definition) is 2. The van der Waals surface area contributed by atoms with Gasteiger partial charge in [-0.05, 0) is 74.9 Å². The summed E-state index contributed by atoms with van der Waals surface area (Å²) in [5, 5.41) is 2.96. The smallest absolute Gasteiger partial charge is 0.228 e. The quantitative estimate of drug-likeness (QED) is 0.858. The molecule has 0 unspecified atom stereocenters. The SMILES string of the molecule is Cc1ccc(CC(=O)Nc2ccc(OC3CCCC3)cc2)c(C)c1. The van der Waals surface area contributed by atoms with E-state index in [0.29, 0.717) is 12.5 Å². The van der Waals surface area contributed by atoms with Gasteiger partial charge >= 0.3 is 0 Å². The van der Waals surface area contributed by atoms with E-state index in [1.165, 1.54) is 18.4 Å². The number of carbonyl (C=O) groups is 1. The Labute approximate surface area is 144 Å². The van der Waals surface area contributed by atoms with Crippen LogP contribution in [0.4, 0.5) is 5.69 Å². The molecule has 1 fully saturated rings. The standard InChI is InChI=1S/C21H25NO2/c1-15-7-8-17(16(2)13-15)14-21(23)22-18-9-11-20(12-10-18)24-19-5-3-4-6-19/h7-13,19H,3-6,14H2,1-2H3,(H,22,23). The normalized spacial score (nSPS) is 14.6. The summed E-state index contributed by atoms with van der Waals surface area (Å²) in [6, 6.07) is 13.9. The van der Waals surface area contributed by atoms with Gasteiger partial charge < -0.3 is 10.1 Å². The van der Waals surface area contributed by atoms with Crippen LogP contribution in [-0.4, -0.2) is 12.0 Å². The second-order valence-electron chi connectivity index (χ2n) is 6.70. The highest BCUT2D eigenvalue weighted by molar-refractivity contribution is 5.92. The van der Waals surface area contributed by atoms with Gasteiger partial charge in [0.05, 0.1) is 12.5 Å². The lowest BCUT2D eigenvalue weighted by Crippen LogP contribution is -2.15. The van der Waals surface area contributed by atoms with E-state index in [1.54, 1.807) is 0 Å². The predicted molar refractivity (Wildman–Crippen MR) is 97.6 cm³/mol. The molecular weight excluding hydrogens is 298 g/mol. The molecule has 0 aliphatic heterocycles. The van der Waals surface area contributed by atoms with Gasteiger partial charge in [-0.1, -0.05) is 23.8 Å². The molecule has 1 amide bonds. The summed E-state index contributed by atoms with van der Waals surface area (Å²) in [4.78, 5) is 12.2. The fraction of sp³-hybridized carbons (Fsp3) is 0.381. The summed E-state index contributed by atoms with van der Waals surface area (Å²) in [6.07, 6.45) is 5.57. The third-order valence-corrected chi connectivity index (χ3v) is 4.59. The maximum Gasteiger partial charge on any atom is 0.228 e. The van der Waals surface area contributed by atoms with Crippen LogP contribution in [0.5, 0.6) is 5.75 Å². The van der Waals surface area contributed by atoms with Crippen LogP contribution in [0.25, 0.3) is 0 Å². The molecule has 1 aliphatic carbocycles. The lowest BCUT2D eigenvalue weighted by atomic mass is 10.0. The predicted octanol–water partition coefficient (Wildman–Crippen LogP) is 4.81. The van der Waals surface area contributed by atoms with Crippen LogP contribution in [0, 0.1) is 13.8 Å². The van der Waals surface area contributed by atoms with E-state index in [1.807, 2.05) is 43.3 Å². The molecule has 0 heterocycles. The fourth-order valence-corrected chi connectivity index (χ4v) is 3.24. The van der Waals surface area contributed by atoms with Crippen molar-refractivity contribution in [2.45, 2.75) is 52.1 Å². The number of anilines is 1. The number of hydrogen-bond donors (Lipinski definition) is 1. The molecule has 1 saturated carbocycles. The highest BCUT2D eigenvalue weighted by Gasteiger charge is 2.16. The molecule has 1 aliphatic rings. The van der Waals surface area contributed by atoms with Crippen molar-refractivity contribution in [3.63, 3.8) is 0 Å². The van der Waals surface area contributed by atoms with E-state index in [0.717, 1.165) is 35.4 Å². The minimum atomic E-state index is 0.00594.